The molecule has 1 N–H and O–H groups in total. The standard InChI is InChI=1S/C19H24F2N4O/c1-2-9-25-18(5-8-22-25)19(26)23-15-6-10-24(11-7-15)13-14-3-4-16(20)17(21)12-14/h3-5,8,12,15H,2,6-7,9-11,13H2,1H3,(H,23,26). The van der Waals surface area contributed by atoms with E-state index in [-0.39, 0.29) is 11.9 Å². The molecule has 0 saturated carbocycles. The summed E-state index contributed by atoms with van der Waals surface area (Å²) in [5.41, 5.74) is 1.35. The van der Waals surface area contributed by atoms with Crippen LogP contribution in [0.2, 0.25) is 0 Å². The summed E-state index contributed by atoms with van der Waals surface area (Å²) in [6, 6.07) is 5.88. The summed E-state index contributed by atoms with van der Waals surface area (Å²) in [5, 5.41) is 7.27. The lowest BCUT2D eigenvalue weighted by Gasteiger charge is -2.32. The van der Waals surface area contributed by atoms with Gasteiger partial charge in [-0.15, -0.1) is 0 Å². The molecule has 0 aliphatic carbocycles. The Morgan fingerprint density at radius 1 is 1.23 bits per heavy atom. The number of amides is 1. The SMILES string of the molecule is CCCn1nccc1C(=O)NC1CCN(Cc2ccc(F)c(F)c2)CC1. The van der Waals surface area contributed by atoms with Gasteiger partial charge in [0.2, 0.25) is 0 Å². The summed E-state index contributed by atoms with van der Waals surface area (Å²) in [6.07, 6.45) is 4.23. The van der Waals surface area contributed by atoms with Gasteiger partial charge in [0, 0.05) is 38.4 Å². The molecule has 0 spiro atoms. The van der Waals surface area contributed by atoms with E-state index in [2.05, 4.69) is 15.3 Å². The average Bonchev–Trinajstić information content (AvgIpc) is 3.09. The predicted molar refractivity (Wildman–Crippen MR) is 94.6 cm³/mol. The number of hydrogen-bond donors (Lipinski definition) is 1. The van der Waals surface area contributed by atoms with Crippen LogP contribution in [0.15, 0.2) is 30.5 Å². The van der Waals surface area contributed by atoms with E-state index in [9.17, 15) is 13.6 Å². The molecule has 1 amide bonds. The molecule has 2 heterocycles. The Labute approximate surface area is 152 Å². The molecule has 5 nitrogen and oxygen atoms in total. The minimum Gasteiger partial charge on any atom is -0.348 e. The van der Waals surface area contributed by atoms with Crippen LogP contribution < -0.4 is 5.32 Å². The lowest BCUT2D eigenvalue weighted by molar-refractivity contribution is 0.0897. The number of benzene rings is 1. The van der Waals surface area contributed by atoms with Crippen molar-refractivity contribution in [3.63, 3.8) is 0 Å². The normalized spacial score (nSPS) is 16.0. The van der Waals surface area contributed by atoms with Crippen molar-refractivity contribution in [3.05, 3.63) is 53.4 Å². The van der Waals surface area contributed by atoms with Crippen molar-refractivity contribution >= 4 is 5.91 Å². The number of piperidine rings is 1. The van der Waals surface area contributed by atoms with Gasteiger partial charge < -0.3 is 5.32 Å². The van der Waals surface area contributed by atoms with Crippen LogP contribution in [0.4, 0.5) is 8.78 Å². The van der Waals surface area contributed by atoms with Crippen molar-refractivity contribution in [2.24, 2.45) is 0 Å². The van der Waals surface area contributed by atoms with Crippen LogP contribution in [0, 0.1) is 11.6 Å². The number of rotatable bonds is 6. The zero-order chi connectivity index (χ0) is 18.5. The summed E-state index contributed by atoms with van der Waals surface area (Å²) in [4.78, 5) is 14.6. The van der Waals surface area contributed by atoms with E-state index in [4.69, 9.17) is 0 Å². The van der Waals surface area contributed by atoms with Gasteiger partial charge in [-0.1, -0.05) is 13.0 Å². The molecular formula is C19H24F2N4O. The molecule has 1 aliphatic rings. The number of aryl methyl sites for hydroxylation is 1. The Morgan fingerprint density at radius 2 is 2.00 bits per heavy atom. The molecule has 140 valence electrons. The van der Waals surface area contributed by atoms with E-state index in [0.717, 1.165) is 50.5 Å². The Kier molecular flexibility index (Phi) is 5.98. The first-order chi connectivity index (χ1) is 12.6. The summed E-state index contributed by atoms with van der Waals surface area (Å²) in [5.74, 6) is -1.72. The van der Waals surface area contributed by atoms with E-state index >= 15 is 0 Å². The van der Waals surface area contributed by atoms with Crippen molar-refractivity contribution in [2.75, 3.05) is 13.1 Å². The molecule has 0 atom stereocenters. The van der Waals surface area contributed by atoms with Crippen LogP contribution in [-0.4, -0.2) is 39.7 Å². The molecule has 1 saturated heterocycles. The molecule has 1 aliphatic heterocycles. The van der Waals surface area contributed by atoms with Crippen molar-refractivity contribution in [1.29, 1.82) is 0 Å². The third kappa shape index (κ3) is 4.46. The van der Waals surface area contributed by atoms with E-state index in [1.54, 1.807) is 23.0 Å². The van der Waals surface area contributed by atoms with Gasteiger partial charge in [-0.3, -0.25) is 14.4 Å². The van der Waals surface area contributed by atoms with Gasteiger partial charge in [0.1, 0.15) is 5.69 Å². The number of halogens is 2. The molecule has 2 aromatic rings. The van der Waals surface area contributed by atoms with Gasteiger partial charge in [0.05, 0.1) is 0 Å². The van der Waals surface area contributed by atoms with E-state index in [1.165, 1.54) is 6.07 Å². The zero-order valence-electron chi connectivity index (χ0n) is 14.9. The molecule has 7 heteroatoms. The summed E-state index contributed by atoms with van der Waals surface area (Å²) >= 11 is 0. The van der Waals surface area contributed by atoms with Crippen LogP contribution >= 0.6 is 0 Å². The van der Waals surface area contributed by atoms with E-state index < -0.39 is 11.6 Å². The van der Waals surface area contributed by atoms with Crippen molar-refractivity contribution in [3.8, 4) is 0 Å². The first kappa shape index (κ1) is 18.5. The number of hydrogen-bond acceptors (Lipinski definition) is 3. The van der Waals surface area contributed by atoms with Gasteiger partial charge in [0.15, 0.2) is 11.6 Å². The molecule has 1 aromatic heterocycles. The first-order valence-corrected chi connectivity index (χ1v) is 9.05. The highest BCUT2D eigenvalue weighted by molar-refractivity contribution is 5.92. The third-order valence-electron chi connectivity index (χ3n) is 4.70. The maximum atomic E-state index is 13.3. The number of carbonyl (C=O) groups excluding carboxylic acids is 1. The molecule has 0 bridgehead atoms. The highest BCUT2D eigenvalue weighted by Crippen LogP contribution is 2.16. The number of likely N-dealkylation sites (tertiary alicyclic amines) is 1. The molecule has 1 aromatic carbocycles. The lowest BCUT2D eigenvalue weighted by atomic mass is 10.0. The Hall–Kier alpha value is -2.28. The smallest absolute Gasteiger partial charge is 0.269 e. The Bertz CT molecular complexity index is 754. The largest absolute Gasteiger partial charge is 0.348 e. The number of nitrogens with one attached hydrogen (secondary N) is 1. The fraction of sp³-hybridized carbons (Fsp3) is 0.474. The minimum absolute atomic E-state index is 0.0880. The Balaban J connectivity index is 1.49. The van der Waals surface area contributed by atoms with Gasteiger partial charge in [-0.05, 0) is 43.0 Å². The van der Waals surface area contributed by atoms with Gasteiger partial charge in [-0.2, -0.15) is 5.10 Å². The maximum absolute atomic E-state index is 13.3. The number of aromatic nitrogens is 2. The first-order valence-electron chi connectivity index (χ1n) is 9.05. The van der Waals surface area contributed by atoms with Crippen molar-refractivity contribution in [1.82, 2.24) is 20.0 Å². The van der Waals surface area contributed by atoms with Crippen LogP contribution in [-0.2, 0) is 13.1 Å². The van der Waals surface area contributed by atoms with Crippen molar-refractivity contribution < 1.29 is 13.6 Å². The van der Waals surface area contributed by atoms with Crippen LogP contribution in [0.3, 0.4) is 0 Å². The average molecular weight is 362 g/mol. The molecule has 0 unspecified atom stereocenters. The second-order valence-corrected chi connectivity index (χ2v) is 6.71. The second kappa shape index (κ2) is 8.40. The summed E-state index contributed by atoms with van der Waals surface area (Å²) in [7, 11) is 0. The highest BCUT2D eigenvalue weighted by Gasteiger charge is 2.22. The maximum Gasteiger partial charge on any atom is 0.269 e. The van der Waals surface area contributed by atoms with Crippen LogP contribution in [0.5, 0.6) is 0 Å². The molecule has 0 radical (unpaired) electrons. The lowest BCUT2D eigenvalue weighted by Crippen LogP contribution is -2.44. The molecule has 1 fully saturated rings. The third-order valence-corrected chi connectivity index (χ3v) is 4.70. The number of nitrogens with zero attached hydrogens (tertiary/aromatic N) is 3. The summed E-state index contributed by atoms with van der Waals surface area (Å²) in [6.45, 7) is 4.96. The van der Waals surface area contributed by atoms with Gasteiger partial charge in [-0.25, -0.2) is 8.78 Å². The molecule has 26 heavy (non-hydrogen) atoms. The van der Waals surface area contributed by atoms with Crippen LogP contribution in [0.25, 0.3) is 0 Å². The van der Waals surface area contributed by atoms with Crippen LogP contribution in [0.1, 0.15) is 42.2 Å². The number of carbonyl (C=O) groups is 1. The quantitative estimate of drug-likeness (QED) is 0.860. The van der Waals surface area contributed by atoms with Gasteiger partial charge in [0.25, 0.3) is 5.91 Å². The zero-order valence-corrected chi connectivity index (χ0v) is 14.9. The monoisotopic (exact) mass is 362 g/mol. The molecule has 3 rings (SSSR count). The predicted octanol–water partition coefficient (Wildman–Crippen LogP) is 2.97. The fourth-order valence-electron chi connectivity index (χ4n) is 3.31. The topological polar surface area (TPSA) is 50.2 Å². The van der Waals surface area contributed by atoms with Crippen molar-refractivity contribution in [2.45, 2.75) is 45.3 Å². The molecular weight excluding hydrogens is 338 g/mol. The summed E-state index contributed by atoms with van der Waals surface area (Å²) < 4.78 is 28.1. The minimum atomic E-state index is -0.822. The highest BCUT2D eigenvalue weighted by atomic mass is 19.2. The second-order valence-electron chi connectivity index (χ2n) is 6.71. The van der Waals surface area contributed by atoms with Gasteiger partial charge >= 0.3 is 0 Å². The van der Waals surface area contributed by atoms with E-state index in [1.807, 2.05) is 6.92 Å². The van der Waals surface area contributed by atoms with E-state index in [0.29, 0.717) is 12.2 Å². The fourth-order valence-corrected chi connectivity index (χ4v) is 3.31. The Morgan fingerprint density at radius 3 is 2.69 bits per heavy atom.